The maximum atomic E-state index is 4.24. The molecule has 1 aliphatic heterocycles. The molecule has 88 valence electrons. The van der Waals surface area contributed by atoms with Crippen molar-refractivity contribution in [3.8, 4) is 0 Å². The fourth-order valence-electron chi connectivity index (χ4n) is 2.19. The molecule has 17 heavy (non-hydrogen) atoms. The van der Waals surface area contributed by atoms with Gasteiger partial charge in [-0.25, -0.2) is 0 Å². The van der Waals surface area contributed by atoms with Crippen LogP contribution in [-0.4, -0.2) is 24.3 Å². The molecule has 0 bridgehead atoms. The molecule has 0 aliphatic carbocycles. The van der Waals surface area contributed by atoms with Gasteiger partial charge >= 0.3 is 0 Å². The third kappa shape index (κ3) is 2.42. The first kappa shape index (κ1) is 11.9. The van der Waals surface area contributed by atoms with Crippen LogP contribution < -0.4 is 0 Å². The Labute approximate surface area is 107 Å². The quantitative estimate of drug-likeness (QED) is 0.795. The van der Waals surface area contributed by atoms with Crippen molar-refractivity contribution in [2.75, 3.05) is 13.1 Å². The fraction of sp³-hybridized carbons (Fsp3) is 0.214. The molecule has 0 radical (unpaired) electrons. The molecule has 2 aromatic rings. The lowest BCUT2D eigenvalue weighted by atomic mass is 10.0. The van der Waals surface area contributed by atoms with E-state index in [-0.39, 0.29) is 12.4 Å². The Balaban J connectivity index is 0.00000108. The summed E-state index contributed by atoms with van der Waals surface area (Å²) in [4.78, 5) is 6.51. The van der Waals surface area contributed by atoms with E-state index >= 15 is 0 Å². The zero-order valence-corrected chi connectivity index (χ0v) is 10.4. The Kier molecular flexibility index (Phi) is 3.64. The van der Waals surface area contributed by atoms with Crippen LogP contribution in [0.15, 0.2) is 47.5 Å². The molecule has 0 fully saturated rings. The van der Waals surface area contributed by atoms with Gasteiger partial charge in [-0.3, -0.25) is 4.99 Å². The summed E-state index contributed by atoms with van der Waals surface area (Å²) in [6.07, 6.45) is 1.96. The highest BCUT2D eigenvalue weighted by molar-refractivity contribution is 5.86. The normalized spacial score (nSPS) is 14.0. The summed E-state index contributed by atoms with van der Waals surface area (Å²) in [6.45, 7) is 2.94. The summed E-state index contributed by atoms with van der Waals surface area (Å²) in [5, 5.41) is 2.67. The second-order valence-electron chi connectivity index (χ2n) is 4.13. The molecule has 0 atom stereocenters. The number of nitrogens with zero attached hydrogens (tertiary/aromatic N) is 2. The van der Waals surface area contributed by atoms with Gasteiger partial charge in [0.05, 0.1) is 12.9 Å². The van der Waals surface area contributed by atoms with Crippen molar-refractivity contribution < 1.29 is 0 Å². The molecule has 2 aromatic carbocycles. The van der Waals surface area contributed by atoms with Gasteiger partial charge in [0.15, 0.2) is 0 Å². The average molecular weight is 247 g/mol. The predicted molar refractivity (Wildman–Crippen MR) is 75.0 cm³/mol. The van der Waals surface area contributed by atoms with Crippen LogP contribution in [0, 0.1) is 0 Å². The van der Waals surface area contributed by atoms with Crippen molar-refractivity contribution in [3.05, 3.63) is 48.0 Å². The number of benzene rings is 2. The number of hydrogen-bond donors (Lipinski definition) is 0. The summed E-state index contributed by atoms with van der Waals surface area (Å²) < 4.78 is 0. The van der Waals surface area contributed by atoms with Gasteiger partial charge in [-0.1, -0.05) is 42.5 Å². The zero-order chi connectivity index (χ0) is 10.8. The van der Waals surface area contributed by atoms with Gasteiger partial charge in [-0.2, -0.15) is 0 Å². The first-order valence-corrected chi connectivity index (χ1v) is 5.64. The second-order valence-corrected chi connectivity index (χ2v) is 4.13. The number of hydrogen-bond acceptors (Lipinski definition) is 2. The first-order chi connectivity index (χ1) is 7.93. The summed E-state index contributed by atoms with van der Waals surface area (Å²) in [7, 11) is 0. The minimum atomic E-state index is 0. The van der Waals surface area contributed by atoms with Crippen LogP contribution in [0.1, 0.15) is 5.56 Å². The molecule has 3 rings (SSSR count). The molecule has 0 spiro atoms. The van der Waals surface area contributed by atoms with Crippen LogP contribution >= 0.6 is 12.4 Å². The summed E-state index contributed by atoms with van der Waals surface area (Å²) in [6, 6.07) is 15.0. The SMILES string of the molecule is C1=NCCN1Cc1cccc2ccccc12.Cl. The van der Waals surface area contributed by atoms with E-state index in [0.29, 0.717) is 0 Å². The van der Waals surface area contributed by atoms with E-state index in [4.69, 9.17) is 0 Å². The topological polar surface area (TPSA) is 15.6 Å². The van der Waals surface area contributed by atoms with Gasteiger partial charge in [0.25, 0.3) is 0 Å². The molecule has 0 saturated heterocycles. The standard InChI is InChI=1S/C14H14N2.ClH/c1-2-7-14-12(4-1)5-3-6-13(14)10-16-9-8-15-11-16;/h1-7,11H,8-10H2;1H. The van der Waals surface area contributed by atoms with E-state index in [9.17, 15) is 0 Å². The molecule has 0 unspecified atom stereocenters. The van der Waals surface area contributed by atoms with E-state index in [1.165, 1.54) is 16.3 Å². The molecule has 0 saturated carbocycles. The Hall–Kier alpha value is -1.54. The van der Waals surface area contributed by atoms with Crippen LogP contribution in [0.4, 0.5) is 0 Å². The van der Waals surface area contributed by atoms with Crippen LogP contribution in [-0.2, 0) is 6.54 Å². The lowest BCUT2D eigenvalue weighted by molar-refractivity contribution is 0.465. The van der Waals surface area contributed by atoms with Gasteiger partial charge in [-0.05, 0) is 16.3 Å². The summed E-state index contributed by atoms with van der Waals surface area (Å²) in [5.41, 5.74) is 1.38. The summed E-state index contributed by atoms with van der Waals surface area (Å²) >= 11 is 0. The third-order valence-electron chi connectivity index (χ3n) is 3.01. The average Bonchev–Trinajstić information content (AvgIpc) is 2.82. The van der Waals surface area contributed by atoms with Crippen LogP contribution in [0.25, 0.3) is 10.8 Å². The Bertz CT molecular complexity index is 531. The van der Waals surface area contributed by atoms with Gasteiger partial charge in [-0.15, -0.1) is 12.4 Å². The van der Waals surface area contributed by atoms with Crippen LogP contribution in [0.3, 0.4) is 0 Å². The van der Waals surface area contributed by atoms with E-state index in [1.807, 2.05) is 6.34 Å². The number of rotatable bonds is 2. The third-order valence-corrected chi connectivity index (χ3v) is 3.01. The highest BCUT2D eigenvalue weighted by Gasteiger charge is 2.07. The van der Waals surface area contributed by atoms with Gasteiger partial charge in [0.2, 0.25) is 0 Å². The van der Waals surface area contributed by atoms with Crippen molar-refractivity contribution in [2.45, 2.75) is 6.54 Å². The summed E-state index contributed by atoms with van der Waals surface area (Å²) in [5.74, 6) is 0. The second kappa shape index (κ2) is 5.19. The lowest BCUT2D eigenvalue weighted by Crippen LogP contribution is -2.18. The largest absolute Gasteiger partial charge is 0.357 e. The smallest absolute Gasteiger partial charge is 0.0854 e. The van der Waals surface area contributed by atoms with Gasteiger partial charge in [0.1, 0.15) is 0 Å². The zero-order valence-electron chi connectivity index (χ0n) is 9.54. The highest BCUT2D eigenvalue weighted by Crippen LogP contribution is 2.19. The monoisotopic (exact) mass is 246 g/mol. The fourth-order valence-corrected chi connectivity index (χ4v) is 2.19. The Morgan fingerprint density at radius 1 is 1.06 bits per heavy atom. The molecule has 1 heterocycles. The van der Waals surface area contributed by atoms with E-state index < -0.39 is 0 Å². The van der Waals surface area contributed by atoms with Gasteiger partial charge < -0.3 is 4.90 Å². The van der Waals surface area contributed by atoms with Crippen molar-refractivity contribution in [2.24, 2.45) is 4.99 Å². The van der Waals surface area contributed by atoms with Crippen molar-refractivity contribution in [1.29, 1.82) is 0 Å². The van der Waals surface area contributed by atoms with Crippen LogP contribution in [0.2, 0.25) is 0 Å². The van der Waals surface area contributed by atoms with Gasteiger partial charge in [0, 0.05) is 13.1 Å². The Morgan fingerprint density at radius 2 is 1.88 bits per heavy atom. The molecule has 0 N–H and O–H groups in total. The molecule has 0 aromatic heterocycles. The molecular formula is C14H15ClN2. The molecule has 2 nitrogen and oxygen atoms in total. The molecule has 0 amide bonds. The first-order valence-electron chi connectivity index (χ1n) is 5.64. The van der Waals surface area contributed by atoms with E-state index in [1.54, 1.807) is 0 Å². The van der Waals surface area contributed by atoms with E-state index in [0.717, 1.165) is 19.6 Å². The number of aliphatic imine (C=N–C) groups is 1. The lowest BCUT2D eigenvalue weighted by Gasteiger charge is -2.15. The molecule has 1 aliphatic rings. The van der Waals surface area contributed by atoms with Crippen molar-refractivity contribution in [3.63, 3.8) is 0 Å². The molecular weight excluding hydrogens is 232 g/mol. The minimum Gasteiger partial charge on any atom is -0.357 e. The maximum absolute atomic E-state index is 4.24. The molecule has 3 heteroatoms. The minimum absolute atomic E-state index is 0. The highest BCUT2D eigenvalue weighted by atomic mass is 35.5. The number of halogens is 1. The Morgan fingerprint density at radius 3 is 2.71 bits per heavy atom. The van der Waals surface area contributed by atoms with E-state index in [2.05, 4.69) is 52.4 Å². The van der Waals surface area contributed by atoms with Crippen molar-refractivity contribution in [1.82, 2.24) is 4.90 Å². The van der Waals surface area contributed by atoms with Crippen molar-refractivity contribution >= 4 is 29.5 Å². The van der Waals surface area contributed by atoms with Crippen LogP contribution in [0.5, 0.6) is 0 Å². The predicted octanol–water partition coefficient (Wildman–Crippen LogP) is 3.11. The maximum Gasteiger partial charge on any atom is 0.0854 e. The number of fused-ring (bicyclic) bond motifs is 1.